The Kier molecular flexibility index (Phi) is 8.39. The van der Waals surface area contributed by atoms with Gasteiger partial charge >= 0.3 is 0 Å². The third-order valence-electron chi connectivity index (χ3n) is 5.99. The molecule has 0 aliphatic carbocycles. The molecule has 0 radical (unpaired) electrons. The second-order valence-electron chi connectivity index (χ2n) is 8.59. The van der Waals surface area contributed by atoms with E-state index in [1.165, 1.54) is 13.0 Å². The van der Waals surface area contributed by atoms with Gasteiger partial charge < -0.3 is 30.9 Å². The summed E-state index contributed by atoms with van der Waals surface area (Å²) in [7, 11) is 0. The third kappa shape index (κ3) is 5.94. The molecule has 0 fully saturated rings. The largest absolute Gasteiger partial charge is 0.395 e. The van der Waals surface area contributed by atoms with E-state index in [2.05, 4.69) is 10.6 Å². The molecular weight excluding hydrogens is 450 g/mol. The first-order valence-electron chi connectivity index (χ1n) is 11.4. The van der Waals surface area contributed by atoms with E-state index >= 15 is 0 Å². The molecule has 0 unspecified atom stereocenters. The minimum atomic E-state index is -1.91. The van der Waals surface area contributed by atoms with Crippen molar-refractivity contribution in [3.8, 4) is 0 Å². The predicted octanol–water partition coefficient (Wildman–Crippen LogP) is 1.75. The number of aliphatic hydroxyl groups is 3. The molecule has 35 heavy (non-hydrogen) atoms. The first-order chi connectivity index (χ1) is 16.7. The van der Waals surface area contributed by atoms with Crippen molar-refractivity contribution < 1.29 is 29.7 Å². The molecule has 3 rings (SSSR count). The number of carbonyl (C=O) groups is 3. The monoisotopic (exact) mass is 481 g/mol. The Hall–Kier alpha value is -3.53. The van der Waals surface area contributed by atoms with Gasteiger partial charge in [-0.2, -0.15) is 0 Å². The fourth-order valence-electron chi connectivity index (χ4n) is 3.94. The number of aliphatic hydroxyl groups excluding tert-OH is 2. The molecule has 0 saturated carbocycles. The number of carbonyl (C=O) groups excluding carboxylic acids is 3. The van der Waals surface area contributed by atoms with Crippen molar-refractivity contribution in [2.45, 2.75) is 38.5 Å². The van der Waals surface area contributed by atoms with Crippen LogP contribution in [0, 0.1) is 5.92 Å². The van der Waals surface area contributed by atoms with Gasteiger partial charge in [-0.25, -0.2) is 0 Å². The predicted molar refractivity (Wildman–Crippen MR) is 131 cm³/mol. The molecule has 1 aliphatic heterocycles. The molecule has 3 atom stereocenters. The van der Waals surface area contributed by atoms with Crippen LogP contribution in [0.25, 0.3) is 0 Å². The zero-order chi connectivity index (χ0) is 25.6. The van der Waals surface area contributed by atoms with Crippen LogP contribution in [0.3, 0.4) is 0 Å². The molecule has 1 heterocycles. The molecule has 3 amide bonds. The minimum absolute atomic E-state index is 0.0339. The summed E-state index contributed by atoms with van der Waals surface area (Å²) in [5, 5.41) is 35.3. The SMILES string of the molecule is C[C@H](O)C(=O)Nc1ccc2c(c1)[C@@](O)([C@H](C)/C=C/CC(=O)N(CCO)Cc1ccccc1)C(=O)N2. The van der Waals surface area contributed by atoms with Crippen molar-refractivity contribution in [1.82, 2.24) is 4.90 Å². The van der Waals surface area contributed by atoms with Gasteiger partial charge in [0.25, 0.3) is 11.8 Å². The smallest absolute Gasteiger partial charge is 0.261 e. The van der Waals surface area contributed by atoms with Crippen LogP contribution < -0.4 is 10.6 Å². The number of amides is 3. The lowest BCUT2D eigenvalue weighted by Crippen LogP contribution is -2.39. The van der Waals surface area contributed by atoms with Crippen LogP contribution in [0.1, 0.15) is 31.4 Å². The third-order valence-corrected chi connectivity index (χ3v) is 5.99. The van der Waals surface area contributed by atoms with Gasteiger partial charge in [-0.05, 0) is 30.7 Å². The van der Waals surface area contributed by atoms with E-state index in [0.717, 1.165) is 5.56 Å². The van der Waals surface area contributed by atoms with Gasteiger partial charge in [0.1, 0.15) is 6.10 Å². The fourth-order valence-corrected chi connectivity index (χ4v) is 3.94. The molecule has 186 valence electrons. The van der Waals surface area contributed by atoms with Crippen molar-refractivity contribution in [3.05, 3.63) is 71.8 Å². The standard InChI is InChI=1S/C26H31N3O6/c1-17(7-6-10-23(32)29(13-14-30)16-19-8-4-3-5-9-19)26(35)21-15-20(27-24(33)18(2)31)11-12-22(21)28-25(26)34/h3-9,11-12,15,17-18,30-31,35H,10,13-14,16H2,1-2H3,(H,27,33)(H,28,34)/b7-6+/t17-,18+,26+/m1/s1. The first kappa shape index (κ1) is 26.1. The summed E-state index contributed by atoms with van der Waals surface area (Å²) >= 11 is 0. The van der Waals surface area contributed by atoms with Gasteiger partial charge in [-0.3, -0.25) is 14.4 Å². The Labute approximate surface area is 204 Å². The summed E-state index contributed by atoms with van der Waals surface area (Å²) in [5.41, 5.74) is 0.0753. The van der Waals surface area contributed by atoms with E-state index < -0.39 is 29.4 Å². The van der Waals surface area contributed by atoms with Crippen LogP contribution >= 0.6 is 0 Å². The summed E-state index contributed by atoms with van der Waals surface area (Å²) in [6.07, 6.45) is 2.03. The van der Waals surface area contributed by atoms with Crippen molar-refractivity contribution in [2.24, 2.45) is 5.92 Å². The zero-order valence-electron chi connectivity index (χ0n) is 19.8. The Morgan fingerprint density at radius 2 is 1.89 bits per heavy atom. The van der Waals surface area contributed by atoms with Crippen molar-refractivity contribution in [1.29, 1.82) is 0 Å². The maximum atomic E-state index is 12.7. The quantitative estimate of drug-likeness (QED) is 0.328. The molecule has 2 aromatic carbocycles. The van der Waals surface area contributed by atoms with E-state index in [0.29, 0.717) is 23.5 Å². The lowest BCUT2D eigenvalue weighted by molar-refractivity contribution is -0.137. The number of nitrogens with one attached hydrogen (secondary N) is 2. The molecule has 5 N–H and O–H groups in total. The van der Waals surface area contributed by atoms with Gasteiger partial charge in [0.15, 0.2) is 5.60 Å². The van der Waals surface area contributed by atoms with Crippen molar-refractivity contribution >= 4 is 29.1 Å². The van der Waals surface area contributed by atoms with Gasteiger partial charge in [0.05, 0.1) is 6.61 Å². The van der Waals surface area contributed by atoms with E-state index in [1.54, 1.807) is 36.1 Å². The fraction of sp³-hybridized carbons (Fsp3) is 0.346. The number of fused-ring (bicyclic) bond motifs is 1. The molecule has 0 saturated heterocycles. The summed E-state index contributed by atoms with van der Waals surface area (Å²) < 4.78 is 0. The highest BCUT2D eigenvalue weighted by molar-refractivity contribution is 6.06. The number of benzene rings is 2. The first-order valence-corrected chi connectivity index (χ1v) is 11.4. The lowest BCUT2D eigenvalue weighted by atomic mass is 9.82. The van der Waals surface area contributed by atoms with E-state index in [9.17, 15) is 29.7 Å². The zero-order valence-corrected chi connectivity index (χ0v) is 19.8. The molecule has 1 aliphatic rings. The normalized spacial score (nSPS) is 18.6. The number of rotatable bonds is 10. The summed E-state index contributed by atoms with van der Waals surface area (Å²) in [6.45, 7) is 3.39. The van der Waals surface area contributed by atoms with Gasteiger partial charge in [-0.15, -0.1) is 0 Å². The van der Waals surface area contributed by atoms with E-state index in [-0.39, 0.29) is 25.5 Å². The Morgan fingerprint density at radius 3 is 2.54 bits per heavy atom. The number of nitrogens with zero attached hydrogens (tertiary/aromatic N) is 1. The van der Waals surface area contributed by atoms with E-state index in [1.807, 2.05) is 30.3 Å². The van der Waals surface area contributed by atoms with Gasteiger partial charge in [0, 0.05) is 42.4 Å². The number of anilines is 2. The Balaban J connectivity index is 1.72. The Morgan fingerprint density at radius 1 is 1.17 bits per heavy atom. The summed E-state index contributed by atoms with van der Waals surface area (Å²) in [5.74, 6) is -2.11. The number of hydrogen-bond acceptors (Lipinski definition) is 6. The Bertz CT molecular complexity index is 1100. The molecule has 0 spiro atoms. The highest BCUT2D eigenvalue weighted by atomic mass is 16.3. The maximum absolute atomic E-state index is 12.7. The number of hydrogen-bond donors (Lipinski definition) is 5. The molecule has 9 nitrogen and oxygen atoms in total. The van der Waals surface area contributed by atoms with Crippen LogP contribution in [0.2, 0.25) is 0 Å². The highest BCUT2D eigenvalue weighted by Crippen LogP contribution is 2.42. The molecule has 0 aromatic heterocycles. The molecule has 2 aromatic rings. The van der Waals surface area contributed by atoms with Crippen LogP contribution in [0.5, 0.6) is 0 Å². The topological polar surface area (TPSA) is 139 Å². The van der Waals surface area contributed by atoms with Crippen LogP contribution in [-0.2, 0) is 26.5 Å². The molecule has 9 heteroatoms. The maximum Gasteiger partial charge on any atom is 0.261 e. The highest BCUT2D eigenvalue weighted by Gasteiger charge is 2.48. The average molecular weight is 482 g/mol. The summed E-state index contributed by atoms with van der Waals surface area (Å²) in [4.78, 5) is 38.8. The van der Waals surface area contributed by atoms with E-state index in [4.69, 9.17) is 0 Å². The van der Waals surface area contributed by atoms with Crippen LogP contribution in [0.4, 0.5) is 11.4 Å². The van der Waals surface area contributed by atoms with Crippen LogP contribution in [0.15, 0.2) is 60.7 Å². The van der Waals surface area contributed by atoms with Gasteiger partial charge in [0.2, 0.25) is 5.91 Å². The lowest BCUT2D eigenvalue weighted by Gasteiger charge is -2.26. The summed E-state index contributed by atoms with van der Waals surface area (Å²) in [6, 6.07) is 14.1. The molecule has 0 bridgehead atoms. The molecular formula is C26H31N3O6. The van der Waals surface area contributed by atoms with Crippen molar-refractivity contribution in [3.63, 3.8) is 0 Å². The van der Waals surface area contributed by atoms with Gasteiger partial charge in [-0.1, -0.05) is 49.4 Å². The second-order valence-corrected chi connectivity index (χ2v) is 8.59. The van der Waals surface area contributed by atoms with Crippen LogP contribution in [-0.4, -0.2) is 57.2 Å². The minimum Gasteiger partial charge on any atom is -0.395 e. The average Bonchev–Trinajstić information content (AvgIpc) is 3.09. The van der Waals surface area contributed by atoms with Crippen molar-refractivity contribution in [2.75, 3.05) is 23.8 Å². The second kappa shape index (κ2) is 11.3.